The maximum Gasteiger partial charge on any atom is 0.317 e. The quantitative estimate of drug-likeness (QED) is 0.793. The zero-order chi connectivity index (χ0) is 13.5. The molecule has 2 N–H and O–H groups in total. The van der Waals surface area contributed by atoms with Crippen LogP contribution in [0.2, 0.25) is 0 Å². The van der Waals surface area contributed by atoms with Crippen molar-refractivity contribution in [2.45, 2.75) is 64.5 Å². The van der Waals surface area contributed by atoms with Crippen molar-refractivity contribution in [1.29, 1.82) is 0 Å². The predicted octanol–water partition coefficient (Wildman–Crippen LogP) is 2.37. The average Bonchev–Trinajstić information content (AvgIpc) is 2.38. The Morgan fingerprint density at radius 1 is 1.33 bits per heavy atom. The van der Waals surface area contributed by atoms with Crippen molar-refractivity contribution in [2.24, 2.45) is 5.92 Å². The van der Waals surface area contributed by atoms with Gasteiger partial charge in [0.05, 0.1) is 6.10 Å². The zero-order valence-corrected chi connectivity index (χ0v) is 12.0. The van der Waals surface area contributed by atoms with E-state index in [9.17, 15) is 9.90 Å². The normalized spacial score (nSPS) is 24.1. The molecule has 0 heterocycles. The monoisotopic (exact) mass is 256 g/mol. The first kappa shape index (κ1) is 15.3. The summed E-state index contributed by atoms with van der Waals surface area (Å²) >= 11 is 0. The minimum atomic E-state index is -0.234. The van der Waals surface area contributed by atoms with E-state index in [1.54, 1.807) is 4.90 Å². The van der Waals surface area contributed by atoms with E-state index in [-0.39, 0.29) is 24.1 Å². The van der Waals surface area contributed by atoms with E-state index in [0.717, 1.165) is 32.1 Å². The topological polar surface area (TPSA) is 52.6 Å². The van der Waals surface area contributed by atoms with Crippen molar-refractivity contribution in [3.63, 3.8) is 0 Å². The van der Waals surface area contributed by atoms with Crippen molar-refractivity contribution in [2.75, 3.05) is 13.6 Å². The molecule has 0 aromatic heterocycles. The van der Waals surface area contributed by atoms with Gasteiger partial charge >= 0.3 is 6.03 Å². The smallest absolute Gasteiger partial charge is 0.317 e. The van der Waals surface area contributed by atoms with E-state index < -0.39 is 0 Å². The van der Waals surface area contributed by atoms with Gasteiger partial charge in [-0.25, -0.2) is 4.79 Å². The lowest BCUT2D eigenvalue weighted by atomic mass is 9.86. The predicted molar refractivity (Wildman–Crippen MR) is 73.5 cm³/mol. The minimum Gasteiger partial charge on any atom is -0.393 e. The lowest BCUT2D eigenvalue weighted by Crippen LogP contribution is -2.46. The van der Waals surface area contributed by atoms with Crippen LogP contribution in [0.1, 0.15) is 52.4 Å². The largest absolute Gasteiger partial charge is 0.393 e. The SMILES string of the molecule is CCC(CC)NC(=O)N(C)CC1CCCCC1O. The highest BCUT2D eigenvalue weighted by Gasteiger charge is 2.25. The van der Waals surface area contributed by atoms with E-state index in [0.29, 0.717) is 6.54 Å². The molecular formula is C14H28N2O2. The van der Waals surface area contributed by atoms with Crippen LogP contribution in [0.4, 0.5) is 4.79 Å². The number of carbonyl (C=O) groups is 1. The fraction of sp³-hybridized carbons (Fsp3) is 0.929. The van der Waals surface area contributed by atoms with Crippen molar-refractivity contribution in [1.82, 2.24) is 10.2 Å². The maximum absolute atomic E-state index is 12.0. The summed E-state index contributed by atoms with van der Waals surface area (Å²) < 4.78 is 0. The van der Waals surface area contributed by atoms with E-state index in [2.05, 4.69) is 19.2 Å². The molecule has 0 bridgehead atoms. The number of amides is 2. The van der Waals surface area contributed by atoms with Gasteiger partial charge < -0.3 is 15.3 Å². The first-order valence-corrected chi connectivity index (χ1v) is 7.28. The van der Waals surface area contributed by atoms with Gasteiger partial charge in [-0.15, -0.1) is 0 Å². The molecule has 4 heteroatoms. The molecule has 1 aliphatic rings. The number of hydrogen-bond donors (Lipinski definition) is 2. The zero-order valence-electron chi connectivity index (χ0n) is 12.0. The van der Waals surface area contributed by atoms with E-state index in [1.807, 2.05) is 7.05 Å². The number of rotatable bonds is 5. The molecule has 2 unspecified atom stereocenters. The number of urea groups is 1. The van der Waals surface area contributed by atoms with E-state index >= 15 is 0 Å². The molecule has 1 saturated carbocycles. The van der Waals surface area contributed by atoms with Gasteiger partial charge in [0.15, 0.2) is 0 Å². The van der Waals surface area contributed by atoms with Gasteiger partial charge in [0.1, 0.15) is 0 Å². The summed E-state index contributed by atoms with van der Waals surface area (Å²) in [6, 6.07) is 0.248. The summed E-state index contributed by atoms with van der Waals surface area (Å²) in [7, 11) is 1.82. The summed E-state index contributed by atoms with van der Waals surface area (Å²) in [4.78, 5) is 13.7. The molecule has 106 valence electrons. The Hall–Kier alpha value is -0.770. The van der Waals surface area contributed by atoms with Crippen LogP contribution in [0.3, 0.4) is 0 Å². The standard InChI is InChI=1S/C14H28N2O2/c1-4-12(5-2)15-14(18)16(3)10-11-8-6-7-9-13(11)17/h11-13,17H,4-10H2,1-3H3,(H,15,18). The molecule has 0 spiro atoms. The summed E-state index contributed by atoms with van der Waals surface area (Å²) in [6.07, 6.45) is 5.88. The van der Waals surface area contributed by atoms with Crippen LogP contribution in [0, 0.1) is 5.92 Å². The molecule has 0 aliphatic heterocycles. The number of aliphatic hydroxyl groups excluding tert-OH is 1. The Kier molecular flexibility index (Phi) is 6.47. The molecular weight excluding hydrogens is 228 g/mol. The molecule has 1 fully saturated rings. The summed E-state index contributed by atoms with van der Waals surface area (Å²) in [6.45, 7) is 4.83. The van der Waals surface area contributed by atoms with Crippen molar-refractivity contribution < 1.29 is 9.90 Å². The Labute approximate surface area is 111 Å². The third-order valence-corrected chi connectivity index (χ3v) is 4.04. The van der Waals surface area contributed by atoms with Crippen LogP contribution in [0.25, 0.3) is 0 Å². The summed E-state index contributed by atoms with van der Waals surface area (Å²) in [5.74, 6) is 0.246. The molecule has 0 radical (unpaired) electrons. The first-order chi connectivity index (χ1) is 8.58. The maximum atomic E-state index is 12.0. The fourth-order valence-electron chi connectivity index (χ4n) is 2.61. The molecule has 2 amide bonds. The van der Waals surface area contributed by atoms with Gasteiger partial charge in [-0.1, -0.05) is 26.7 Å². The molecule has 1 aliphatic carbocycles. The van der Waals surface area contributed by atoms with Crippen molar-refractivity contribution in [3.8, 4) is 0 Å². The van der Waals surface area contributed by atoms with Gasteiger partial charge in [-0.2, -0.15) is 0 Å². The number of hydrogen-bond acceptors (Lipinski definition) is 2. The number of nitrogens with zero attached hydrogens (tertiary/aromatic N) is 1. The third kappa shape index (κ3) is 4.48. The molecule has 0 aromatic carbocycles. The van der Waals surface area contributed by atoms with Crippen LogP contribution >= 0.6 is 0 Å². The summed E-state index contributed by atoms with van der Waals surface area (Å²) in [5.41, 5.74) is 0. The molecule has 2 atom stereocenters. The minimum absolute atomic E-state index is 0.0125. The third-order valence-electron chi connectivity index (χ3n) is 4.04. The molecule has 0 saturated heterocycles. The molecule has 0 aromatic rings. The van der Waals surface area contributed by atoms with Crippen LogP contribution in [0.5, 0.6) is 0 Å². The highest BCUT2D eigenvalue weighted by Crippen LogP contribution is 2.24. The average molecular weight is 256 g/mol. The number of aliphatic hydroxyl groups is 1. The molecule has 1 rings (SSSR count). The Morgan fingerprint density at radius 2 is 1.94 bits per heavy atom. The van der Waals surface area contributed by atoms with E-state index in [4.69, 9.17) is 0 Å². The highest BCUT2D eigenvalue weighted by molar-refractivity contribution is 5.74. The lowest BCUT2D eigenvalue weighted by molar-refractivity contribution is 0.0562. The van der Waals surface area contributed by atoms with Crippen molar-refractivity contribution in [3.05, 3.63) is 0 Å². The van der Waals surface area contributed by atoms with Crippen LogP contribution in [-0.2, 0) is 0 Å². The van der Waals surface area contributed by atoms with Crippen LogP contribution < -0.4 is 5.32 Å². The van der Waals surface area contributed by atoms with Gasteiger partial charge in [0.2, 0.25) is 0 Å². The van der Waals surface area contributed by atoms with Crippen molar-refractivity contribution >= 4 is 6.03 Å². The van der Waals surface area contributed by atoms with Gasteiger partial charge in [-0.05, 0) is 25.7 Å². The lowest BCUT2D eigenvalue weighted by Gasteiger charge is -2.31. The second-order valence-corrected chi connectivity index (χ2v) is 5.46. The fourth-order valence-corrected chi connectivity index (χ4v) is 2.61. The van der Waals surface area contributed by atoms with Crippen LogP contribution in [-0.4, -0.2) is 41.8 Å². The second kappa shape index (κ2) is 7.62. The Balaban J connectivity index is 2.38. The Bertz CT molecular complexity index is 254. The van der Waals surface area contributed by atoms with Gasteiger partial charge in [0, 0.05) is 25.6 Å². The second-order valence-electron chi connectivity index (χ2n) is 5.46. The van der Waals surface area contributed by atoms with Gasteiger partial charge in [0.25, 0.3) is 0 Å². The van der Waals surface area contributed by atoms with Crippen LogP contribution in [0.15, 0.2) is 0 Å². The first-order valence-electron chi connectivity index (χ1n) is 7.28. The molecule has 4 nitrogen and oxygen atoms in total. The highest BCUT2D eigenvalue weighted by atomic mass is 16.3. The molecule has 18 heavy (non-hydrogen) atoms. The van der Waals surface area contributed by atoms with Gasteiger partial charge in [-0.3, -0.25) is 0 Å². The summed E-state index contributed by atoms with van der Waals surface area (Å²) in [5, 5.41) is 12.9. The number of nitrogens with one attached hydrogen (secondary N) is 1. The number of carbonyl (C=O) groups excluding carboxylic acids is 1. The van der Waals surface area contributed by atoms with E-state index in [1.165, 1.54) is 6.42 Å². The Morgan fingerprint density at radius 3 is 2.50 bits per heavy atom.